The van der Waals surface area contributed by atoms with Crippen molar-refractivity contribution in [1.29, 1.82) is 0 Å². The summed E-state index contributed by atoms with van der Waals surface area (Å²) in [6.07, 6.45) is 7.97. The highest BCUT2D eigenvalue weighted by Crippen LogP contribution is 2.51. The van der Waals surface area contributed by atoms with Gasteiger partial charge in [-0.3, -0.25) is 0 Å². The molecule has 0 aliphatic carbocycles. The summed E-state index contributed by atoms with van der Waals surface area (Å²) in [4.78, 5) is 0. The maximum Gasteiger partial charge on any atom is 0.118 e. The van der Waals surface area contributed by atoms with Gasteiger partial charge in [0.15, 0.2) is 0 Å². The Morgan fingerprint density at radius 3 is 2.45 bits per heavy atom. The molecule has 0 spiro atoms. The van der Waals surface area contributed by atoms with Gasteiger partial charge in [-0.2, -0.15) is 0 Å². The largest absolute Gasteiger partial charge is 0.497 e. The van der Waals surface area contributed by atoms with E-state index in [1.54, 1.807) is 7.11 Å². The normalized spacial score (nSPS) is 17.7. The van der Waals surface area contributed by atoms with Crippen LogP contribution >= 0.6 is 23.5 Å². The molecule has 0 N–H and O–H groups in total. The van der Waals surface area contributed by atoms with E-state index >= 15 is 0 Å². The molecule has 2 aromatic rings. The number of hydrogen-bond donors (Lipinski definition) is 0. The Hall–Kier alpha value is -1.26. The second-order valence-corrected chi connectivity index (χ2v) is 8.26. The maximum absolute atomic E-state index is 5.29. The lowest BCUT2D eigenvalue weighted by Crippen LogP contribution is -2.20. The third-order valence-electron chi connectivity index (χ3n) is 3.87. The Balaban J connectivity index is 1.93. The molecule has 1 aliphatic heterocycles. The van der Waals surface area contributed by atoms with Gasteiger partial charge in [0.05, 0.1) is 7.11 Å². The number of aromatic nitrogens is 1. The summed E-state index contributed by atoms with van der Waals surface area (Å²) in [6.45, 7) is 0. The second kappa shape index (κ2) is 6.88. The third-order valence-corrected chi connectivity index (χ3v) is 7.17. The number of methoxy groups -OCH3 is 1. The van der Waals surface area contributed by atoms with Gasteiger partial charge in [-0.1, -0.05) is 18.2 Å². The van der Waals surface area contributed by atoms with Gasteiger partial charge in [-0.15, -0.1) is 23.5 Å². The molecule has 1 aromatic carbocycles. The van der Waals surface area contributed by atoms with Gasteiger partial charge in [0, 0.05) is 18.9 Å². The molecule has 22 heavy (non-hydrogen) atoms. The van der Waals surface area contributed by atoms with Gasteiger partial charge in [0.25, 0.3) is 0 Å². The smallest absolute Gasteiger partial charge is 0.118 e. The Labute approximate surface area is 140 Å². The van der Waals surface area contributed by atoms with Crippen molar-refractivity contribution in [2.75, 3.05) is 18.6 Å². The first kappa shape index (κ1) is 15.6. The van der Waals surface area contributed by atoms with Crippen LogP contribution in [0.4, 0.5) is 0 Å². The second-order valence-electron chi connectivity index (χ2n) is 5.32. The molecule has 1 saturated heterocycles. The Morgan fingerprint density at radius 1 is 1.14 bits per heavy atom. The fraction of sp³-hybridized carbons (Fsp3) is 0.333. The van der Waals surface area contributed by atoms with Crippen LogP contribution in [0.2, 0.25) is 0 Å². The van der Waals surface area contributed by atoms with Crippen LogP contribution in [-0.4, -0.2) is 23.2 Å². The molecule has 4 heteroatoms. The number of ether oxygens (including phenoxy) is 1. The van der Waals surface area contributed by atoms with Crippen molar-refractivity contribution >= 4 is 29.6 Å². The minimum Gasteiger partial charge on any atom is -0.497 e. The minimum absolute atomic E-state index is 0.00872. The van der Waals surface area contributed by atoms with Crippen LogP contribution in [0.15, 0.2) is 48.7 Å². The van der Waals surface area contributed by atoms with E-state index in [1.807, 2.05) is 23.5 Å². The lowest BCUT2D eigenvalue weighted by molar-refractivity contribution is 0.414. The topological polar surface area (TPSA) is 14.2 Å². The number of hydrogen-bond acceptors (Lipinski definition) is 3. The Bertz CT molecular complexity index is 639. The van der Waals surface area contributed by atoms with Crippen molar-refractivity contribution in [2.24, 2.45) is 7.05 Å². The van der Waals surface area contributed by atoms with Crippen molar-refractivity contribution in [3.8, 4) is 5.75 Å². The van der Waals surface area contributed by atoms with E-state index in [0.29, 0.717) is 0 Å². The molecule has 3 rings (SSSR count). The van der Waals surface area contributed by atoms with Crippen LogP contribution in [0.3, 0.4) is 0 Å². The summed E-state index contributed by atoms with van der Waals surface area (Å²) < 4.78 is 7.45. The van der Waals surface area contributed by atoms with Crippen molar-refractivity contribution < 1.29 is 4.74 Å². The fourth-order valence-corrected chi connectivity index (χ4v) is 5.71. The number of rotatable bonds is 4. The standard InChI is InChI=1S/C18H21NOS2/c1-19-12-3-5-16(19)10-11-18(21-13-4-14-22-18)15-6-8-17(20-2)9-7-15/h3,5-12H,4,13-14H2,1-2H3/b11-10+. The van der Waals surface area contributed by atoms with Crippen molar-refractivity contribution in [2.45, 2.75) is 10.5 Å². The van der Waals surface area contributed by atoms with Gasteiger partial charge < -0.3 is 9.30 Å². The van der Waals surface area contributed by atoms with Crippen molar-refractivity contribution in [3.05, 3.63) is 59.9 Å². The van der Waals surface area contributed by atoms with Crippen LogP contribution in [0.1, 0.15) is 17.7 Å². The summed E-state index contributed by atoms with van der Waals surface area (Å²) >= 11 is 4.06. The van der Waals surface area contributed by atoms with Gasteiger partial charge in [-0.05, 0) is 53.8 Å². The van der Waals surface area contributed by atoms with E-state index in [4.69, 9.17) is 4.74 Å². The predicted octanol–water partition coefficient (Wildman–Crippen LogP) is 4.77. The molecule has 116 valence electrons. The average molecular weight is 332 g/mol. The predicted molar refractivity (Wildman–Crippen MR) is 98.7 cm³/mol. The summed E-state index contributed by atoms with van der Waals surface area (Å²) in [6, 6.07) is 12.7. The van der Waals surface area contributed by atoms with E-state index < -0.39 is 0 Å². The van der Waals surface area contributed by atoms with Crippen LogP contribution in [0.25, 0.3) is 6.08 Å². The molecule has 0 bridgehead atoms. The van der Waals surface area contributed by atoms with Crippen molar-refractivity contribution in [3.63, 3.8) is 0 Å². The lowest BCUT2D eigenvalue weighted by atomic mass is 10.1. The van der Waals surface area contributed by atoms with E-state index in [0.717, 1.165) is 5.75 Å². The zero-order valence-corrected chi connectivity index (χ0v) is 14.6. The van der Waals surface area contributed by atoms with E-state index in [1.165, 1.54) is 29.2 Å². The molecule has 2 nitrogen and oxygen atoms in total. The number of aryl methyl sites for hydroxylation is 1. The van der Waals surface area contributed by atoms with Gasteiger partial charge >= 0.3 is 0 Å². The molecule has 1 aliphatic rings. The quantitative estimate of drug-likeness (QED) is 0.802. The molecule has 2 heterocycles. The summed E-state index contributed by atoms with van der Waals surface area (Å²) in [5.74, 6) is 3.32. The fourth-order valence-electron chi connectivity index (χ4n) is 2.57. The highest BCUT2D eigenvalue weighted by Gasteiger charge is 2.33. The van der Waals surface area contributed by atoms with Gasteiger partial charge in [-0.25, -0.2) is 0 Å². The lowest BCUT2D eigenvalue weighted by Gasteiger charge is -2.34. The third kappa shape index (κ3) is 3.23. The van der Waals surface area contributed by atoms with E-state index in [2.05, 4.69) is 66.4 Å². The number of nitrogens with zero attached hydrogens (tertiary/aromatic N) is 1. The monoisotopic (exact) mass is 331 g/mol. The molecule has 0 saturated carbocycles. The Morgan fingerprint density at radius 2 is 1.86 bits per heavy atom. The maximum atomic E-state index is 5.29. The first-order valence-corrected chi connectivity index (χ1v) is 9.44. The van der Waals surface area contributed by atoms with E-state index in [9.17, 15) is 0 Å². The van der Waals surface area contributed by atoms with Crippen LogP contribution in [0, 0.1) is 0 Å². The minimum atomic E-state index is 0.00872. The average Bonchev–Trinajstić information content (AvgIpc) is 2.99. The SMILES string of the molecule is COc1ccc(C2(/C=C/c3cccn3C)SCCCS2)cc1. The van der Waals surface area contributed by atoms with Gasteiger partial charge in [0.2, 0.25) is 0 Å². The summed E-state index contributed by atoms with van der Waals surface area (Å²) in [5, 5.41) is 0. The molecule has 0 unspecified atom stereocenters. The zero-order valence-electron chi connectivity index (χ0n) is 13.0. The van der Waals surface area contributed by atoms with E-state index in [-0.39, 0.29) is 4.08 Å². The number of thioether (sulfide) groups is 2. The highest BCUT2D eigenvalue weighted by atomic mass is 32.2. The summed E-state index contributed by atoms with van der Waals surface area (Å²) in [5.41, 5.74) is 2.58. The van der Waals surface area contributed by atoms with Crippen LogP contribution in [0.5, 0.6) is 5.75 Å². The molecular formula is C18H21NOS2. The van der Waals surface area contributed by atoms with Crippen LogP contribution < -0.4 is 4.74 Å². The Kier molecular flexibility index (Phi) is 4.89. The van der Waals surface area contributed by atoms with Crippen LogP contribution in [-0.2, 0) is 11.1 Å². The molecule has 1 aromatic heterocycles. The summed E-state index contributed by atoms with van der Waals surface area (Å²) in [7, 11) is 3.80. The number of benzene rings is 1. The molecular weight excluding hydrogens is 310 g/mol. The van der Waals surface area contributed by atoms with Gasteiger partial charge in [0.1, 0.15) is 9.83 Å². The first-order chi connectivity index (χ1) is 10.7. The molecule has 0 radical (unpaired) electrons. The zero-order chi connectivity index (χ0) is 15.4. The molecule has 1 fully saturated rings. The first-order valence-electron chi connectivity index (χ1n) is 7.46. The highest BCUT2D eigenvalue weighted by molar-refractivity contribution is 8.18. The van der Waals surface area contributed by atoms with Crippen molar-refractivity contribution in [1.82, 2.24) is 4.57 Å². The molecule has 0 atom stereocenters. The molecule has 0 amide bonds.